The van der Waals surface area contributed by atoms with Gasteiger partial charge < -0.3 is 5.73 Å². The Labute approximate surface area is 121 Å². The van der Waals surface area contributed by atoms with Crippen LogP contribution in [0.1, 0.15) is 11.3 Å². The summed E-state index contributed by atoms with van der Waals surface area (Å²) >= 11 is 1.25. The maximum atomic E-state index is 11.5. The third-order valence-electron chi connectivity index (χ3n) is 2.62. The molecule has 1 aromatic heterocycles. The van der Waals surface area contributed by atoms with Crippen LogP contribution in [0.2, 0.25) is 0 Å². The number of hydrogen-bond acceptors (Lipinski definition) is 6. The summed E-state index contributed by atoms with van der Waals surface area (Å²) in [6, 6.07) is 4.82. The summed E-state index contributed by atoms with van der Waals surface area (Å²) in [5.74, 6) is 0. The minimum Gasteiger partial charge on any atom is -0.399 e. The van der Waals surface area contributed by atoms with Crippen LogP contribution in [0, 0.1) is 13.8 Å². The first-order valence-electron chi connectivity index (χ1n) is 5.68. The zero-order valence-electron chi connectivity index (χ0n) is 11.0. The van der Waals surface area contributed by atoms with Gasteiger partial charge in [-0.2, -0.15) is 0 Å². The number of nitrogens with two attached hydrogens (primary N) is 2. The first-order valence-corrected chi connectivity index (χ1v) is 8.04. The van der Waals surface area contributed by atoms with Crippen molar-refractivity contribution < 1.29 is 8.42 Å². The highest BCUT2D eigenvalue weighted by atomic mass is 32.2. The third kappa shape index (κ3) is 3.27. The Kier molecular flexibility index (Phi) is 3.98. The number of primary sulfonamides is 1. The van der Waals surface area contributed by atoms with Gasteiger partial charge >= 0.3 is 0 Å². The molecule has 8 heteroatoms. The van der Waals surface area contributed by atoms with E-state index in [2.05, 4.69) is 9.97 Å². The zero-order valence-corrected chi connectivity index (χ0v) is 12.6. The van der Waals surface area contributed by atoms with Gasteiger partial charge in [0.2, 0.25) is 10.0 Å². The van der Waals surface area contributed by atoms with E-state index >= 15 is 0 Å². The average molecular weight is 310 g/mol. The average Bonchev–Trinajstić information content (AvgIpc) is 2.32. The fourth-order valence-electron chi connectivity index (χ4n) is 1.66. The molecule has 0 amide bonds. The van der Waals surface area contributed by atoms with E-state index in [9.17, 15) is 8.42 Å². The van der Waals surface area contributed by atoms with E-state index in [1.54, 1.807) is 25.3 Å². The SMILES string of the molecule is Cc1ccnc(Sc2cc(N)cc(S(N)(=O)=O)c2C)n1. The summed E-state index contributed by atoms with van der Waals surface area (Å²) in [5, 5.41) is 5.72. The normalized spacial score (nSPS) is 11.6. The molecular formula is C12H14N4O2S2. The first kappa shape index (κ1) is 14.8. The van der Waals surface area contributed by atoms with Gasteiger partial charge in [-0.3, -0.25) is 0 Å². The number of sulfonamides is 1. The standard InChI is InChI=1S/C12H14N4O2S2/c1-7-3-4-15-12(16-7)19-10-5-9(13)6-11(8(10)2)20(14,17)18/h3-6H,13H2,1-2H3,(H2,14,17,18). The van der Waals surface area contributed by atoms with Gasteiger partial charge in [0.15, 0.2) is 5.16 Å². The van der Waals surface area contributed by atoms with E-state index in [4.69, 9.17) is 10.9 Å². The molecule has 2 rings (SSSR count). The van der Waals surface area contributed by atoms with Gasteiger partial charge in [-0.25, -0.2) is 23.5 Å². The highest BCUT2D eigenvalue weighted by Crippen LogP contribution is 2.33. The van der Waals surface area contributed by atoms with Crippen LogP contribution in [0.5, 0.6) is 0 Å². The van der Waals surface area contributed by atoms with Crippen molar-refractivity contribution in [1.82, 2.24) is 9.97 Å². The Bertz CT molecular complexity index is 760. The highest BCUT2D eigenvalue weighted by molar-refractivity contribution is 7.99. The molecule has 0 aliphatic rings. The summed E-state index contributed by atoms with van der Waals surface area (Å²) in [6.07, 6.45) is 1.65. The lowest BCUT2D eigenvalue weighted by atomic mass is 10.2. The highest BCUT2D eigenvalue weighted by Gasteiger charge is 2.16. The van der Waals surface area contributed by atoms with Crippen LogP contribution in [-0.2, 0) is 10.0 Å². The molecule has 0 aliphatic heterocycles. The molecule has 0 saturated carbocycles. The largest absolute Gasteiger partial charge is 0.399 e. The summed E-state index contributed by atoms with van der Waals surface area (Å²) in [5.41, 5.74) is 7.43. The lowest BCUT2D eigenvalue weighted by Crippen LogP contribution is -2.14. The fraction of sp³-hybridized carbons (Fsp3) is 0.167. The van der Waals surface area contributed by atoms with Crippen LogP contribution in [-0.4, -0.2) is 18.4 Å². The number of anilines is 1. The Morgan fingerprint density at radius 2 is 1.95 bits per heavy atom. The van der Waals surface area contributed by atoms with Crippen molar-refractivity contribution in [1.29, 1.82) is 0 Å². The van der Waals surface area contributed by atoms with Crippen LogP contribution in [0.3, 0.4) is 0 Å². The van der Waals surface area contributed by atoms with Gasteiger partial charge in [-0.15, -0.1) is 0 Å². The molecule has 2 aromatic rings. The molecule has 0 bridgehead atoms. The van der Waals surface area contributed by atoms with Crippen LogP contribution in [0.15, 0.2) is 39.3 Å². The van der Waals surface area contributed by atoms with Crippen molar-refractivity contribution in [3.63, 3.8) is 0 Å². The number of nitrogens with zero attached hydrogens (tertiary/aromatic N) is 2. The minimum absolute atomic E-state index is 0.0210. The number of aryl methyl sites for hydroxylation is 1. The molecule has 0 radical (unpaired) electrons. The van der Waals surface area contributed by atoms with E-state index in [1.807, 2.05) is 6.92 Å². The second-order valence-electron chi connectivity index (χ2n) is 4.27. The maximum absolute atomic E-state index is 11.5. The van der Waals surface area contributed by atoms with Crippen molar-refractivity contribution in [2.75, 3.05) is 5.73 Å². The van der Waals surface area contributed by atoms with Crippen molar-refractivity contribution in [3.05, 3.63) is 35.7 Å². The smallest absolute Gasteiger partial charge is 0.238 e. The number of nitrogen functional groups attached to an aromatic ring is 1. The van der Waals surface area contributed by atoms with E-state index in [0.717, 1.165) is 5.69 Å². The molecule has 20 heavy (non-hydrogen) atoms. The number of aromatic nitrogens is 2. The van der Waals surface area contributed by atoms with Gasteiger partial charge in [0.25, 0.3) is 0 Å². The Morgan fingerprint density at radius 3 is 2.55 bits per heavy atom. The quantitative estimate of drug-likeness (QED) is 0.656. The van der Waals surface area contributed by atoms with Gasteiger partial charge in [0, 0.05) is 22.5 Å². The number of hydrogen-bond donors (Lipinski definition) is 2. The van der Waals surface area contributed by atoms with Gasteiger partial charge in [0.05, 0.1) is 4.90 Å². The van der Waals surface area contributed by atoms with Gasteiger partial charge in [0.1, 0.15) is 0 Å². The zero-order chi connectivity index (χ0) is 14.9. The van der Waals surface area contributed by atoms with E-state index in [0.29, 0.717) is 21.3 Å². The molecule has 0 aliphatic carbocycles. The molecule has 0 fully saturated rings. The second kappa shape index (κ2) is 5.39. The van der Waals surface area contributed by atoms with E-state index in [-0.39, 0.29) is 4.90 Å². The molecule has 0 atom stereocenters. The lowest BCUT2D eigenvalue weighted by Gasteiger charge is -2.10. The molecule has 4 N–H and O–H groups in total. The molecular weight excluding hydrogens is 296 g/mol. The van der Waals surface area contributed by atoms with Crippen molar-refractivity contribution >= 4 is 27.5 Å². The fourth-order valence-corrected chi connectivity index (χ4v) is 3.52. The molecule has 106 valence electrons. The summed E-state index contributed by atoms with van der Waals surface area (Å²) in [6.45, 7) is 3.53. The summed E-state index contributed by atoms with van der Waals surface area (Å²) < 4.78 is 23.1. The molecule has 0 spiro atoms. The van der Waals surface area contributed by atoms with E-state index < -0.39 is 10.0 Å². The third-order valence-corrected chi connectivity index (χ3v) is 4.68. The van der Waals surface area contributed by atoms with Crippen LogP contribution >= 0.6 is 11.8 Å². The second-order valence-corrected chi connectivity index (χ2v) is 6.81. The monoisotopic (exact) mass is 310 g/mol. The molecule has 1 heterocycles. The Morgan fingerprint density at radius 1 is 1.25 bits per heavy atom. The first-order chi connectivity index (χ1) is 9.27. The van der Waals surface area contributed by atoms with Crippen molar-refractivity contribution in [2.24, 2.45) is 5.14 Å². The minimum atomic E-state index is -3.81. The number of rotatable bonds is 3. The molecule has 6 nitrogen and oxygen atoms in total. The van der Waals surface area contributed by atoms with Gasteiger partial charge in [-0.05, 0) is 49.4 Å². The maximum Gasteiger partial charge on any atom is 0.238 e. The Balaban J connectivity index is 2.50. The summed E-state index contributed by atoms with van der Waals surface area (Å²) in [7, 11) is -3.81. The van der Waals surface area contributed by atoms with Crippen LogP contribution in [0.4, 0.5) is 5.69 Å². The van der Waals surface area contributed by atoms with Crippen molar-refractivity contribution in [3.8, 4) is 0 Å². The molecule has 1 aromatic carbocycles. The lowest BCUT2D eigenvalue weighted by molar-refractivity contribution is 0.597. The predicted octanol–water partition coefficient (Wildman–Crippen LogP) is 1.47. The van der Waals surface area contributed by atoms with Gasteiger partial charge in [-0.1, -0.05) is 0 Å². The number of benzene rings is 1. The van der Waals surface area contributed by atoms with Crippen LogP contribution in [0.25, 0.3) is 0 Å². The topological polar surface area (TPSA) is 112 Å². The van der Waals surface area contributed by atoms with Crippen molar-refractivity contribution in [2.45, 2.75) is 28.8 Å². The van der Waals surface area contributed by atoms with Crippen LogP contribution < -0.4 is 10.9 Å². The molecule has 0 saturated heterocycles. The summed E-state index contributed by atoms with van der Waals surface area (Å²) in [4.78, 5) is 9.08. The van der Waals surface area contributed by atoms with E-state index in [1.165, 1.54) is 17.8 Å². The Hall–Kier alpha value is -1.64. The predicted molar refractivity (Wildman–Crippen MR) is 77.9 cm³/mol. The molecule has 0 unspecified atom stereocenters.